The number of benzene rings is 1. The number of nitrogens with zero attached hydrogens (tertiary/aromatic N) is 2. The van der Waals surface area contributed by atoms with E-state index in [1.165, 1.54) is 6.92 Å². The molecular weight excluding hydrogens is 370 g/mol. The van der Waals surface area contributed by atoms with Gasteiger partial charge in [0.1, 0.15) is 11.6 Å². The van der Waals surface area contributed by atoms with Gasteiger partial charge in [0.05, 0.1) is 28.0 Å². The number of hydrogen-bond acceptors (Lipinski definition) is 5. The number of amides is 2. The molecule has 4 rings (SSSR count). The van der Waals surface area contributed by atoms with Crippen molar-refractivity contribution in [2.45, 2.75) is 32.6 Å². The number of anilines is 2. The molecule has 28 heavy (non-hydrogen) atoms. The largest absolute Gasteiger partial charge is 0.336 e. The van der Waals surface area contributed by atoms with Crippen molar-refractivity contribution in [2.24, 2.45) is 0 Å². The van der Waals surface area contributed by atoms with E-state index in [0.717, 1.165) is 18.9 Å². The van der Waals surface area contributed by atoms with Crippen molar-refractivity contribution in [3.63, 3.8) is 0 Å². The summed E-state index contributed by atoms with van der Waals surface area (Å²) in [7, 11) is 0. The fourth-order valence-corrected chi connectivity index (χ4v) is 3.00. The minimum absolute atomic E-state index is 0.232. The first kappa shape index (κ1) is 18.0. The number of rotatable bonds is 4. The van der Waals surface area contributed by atoms with Gasteiger partial charge in [0.15, 0.2) is 0 Å². The summed E-state index contributed by atoms with van der Waals surface area (Å²) in [5.41, 5.74) is 1.19. The van der Waals surface area contributed by atoms with E-state index in [9.17, 15) is 18.4 Å². The zero-order chi connectivity index (χ0) is 20.0. The maximum atomic E-state index is 14.2. The van der Waals surface area contributed by atoms with Crippen LogP contribution in [0.5, 0.6) is 0 Å². The topological polar surface area (TPSA) is 97.1 Å². The number of nitrogens with one attached hydrogen (secondary N) is 2. The molecule has 3 aromatic rings. The van der Waals surface area contributed by atoms with Crippen molar-refractivity contribution in [3.05, 3.63) is 46.8 Å². The highest BCUT2D eigenvalue weighted by atomic mass is 19.1. The first-order chi connectivity index (χ1) is 13.3. The van der Waals surface area contributed by atoms with Crippen LogP contribution >= 0.6 is 0 Å². The number of carbonyl (C=O) groups excluding carboxylic acids is 2. The average Bonchev–Trinajstić information content (AvgIpc) is 3.42. The summed E-state index contributed by atoms with van der Waals surface area (Å²) >= 11 is 0. The minimum atomic E-state index is -0.963. The van der Waals surface area contributed by atoms with Gasteiger partial charge in [0.25, 0.3) is 11.6 Å². The van der Waals surface area contributed by atoms with Crippen LogP contribution in [0.3, 0.4) is 0 Å². The molecule has 7 nitrogen and oxygen atoms in total. The van der Waals surface area contributed by atoms with Crippen LogP contribution in [0.25, 0.3) is 11.1 Å². The molecule has 0 radical (unpaired) electrons. The number of pyridine rings is 1. The van der Waals surface area contributed by atoms with Crippen molar-refractivity contribution in [1.29, 1.82) is 0 Å². The van der Waals surface area contributed by atoms with Gasteiger partial charge in [-0.05, 0) is 31.9 Å². The Kier molecular flexibility index (Phi) is 4.29. The van der Waals surface area contributed by atoms with Gasteiger partial charge >= 0.3 is 0 Å². The lowest BCUT2D eigenvalue weighted by atomic mass is 10.1. The third-order valence-electron chi connectivity index (χ3n) is 4.49. The Labute approximate surface area is 158 Å². The number of aryl methyl sites for hydroxylation is 1. The fourth-order valence-electron chi connectivity index (χ4n) is 3.00. The molecule has 0 bridgehead atoms. The summed E-state index contributed by atoms with van der Waals surface area (Å²) in [6, 6.07) is 3.28. The second-order valence-electron chi connectivity index (χ2n) is 6.76. The minimum Gasteiger partial charge on any atom is -0.336 e. The molecular formula is C19H16F2N4O3. The standard InChI is InChI=1S/C19H16F2N4O3/c1-8-17-11(5-14(10-3-4-10)24-19(17)28-25-8)18(27)23-16-7-15(22-9(2)26)12(20)6-13(16)21/h5-7,10H,3-4H2,1-2H3,(H,22,26)(H,23,27). The summed E-state index contributed by atoms with van der Waals surface area (Å²) in [5, 5.41) is 8.98. The third kappa shape index (κ3) is 3.30. The van der Waals surface area contributed by atoms with Crippen molar-refractivity contribution in [3.8, 4) is 0 Å². The first-order valence-electron chi connectivity index (χ1n) is 8.68. The van der Waals surface area contributed by atoms with E-state index < -0.39 is 23.4 Å². The summed E-state index contributed by atoms with van der Waals surface area (Å²) in [4.78, 5) is 28.5. The molecule has 2 N–H and O–H groups in total. The molecule has 2 aromatic heterocycles. The van der Waals surface area contributed by atoms with E-state index in [0.29, 0.717) is 22.8 Å². The van der Waals surface area contributed by atoms with Gasteiger partial charge in [-0.25, -0.2) is 13.8 Å². The number of fused-ring (bicyclic) bond motifs is 1. The number of aromatic nitrogens is 2. The summed E-state index contributed by atoms with van der Waals surface area (Å²) in [5.74, 6) is -2.78. The first-order valence-corrected chi connectivity index (χ1v) is 8.68. The molecule has 0 aliphatic heterocycles. The van der Waals surface area contributed by atoms with E-state index in [2.05, 4.69) is 20.8 Å². The molecule has 0 atom stereocenters. The number of hydrogen-bond donors (Lipinski definition) is 2. The highest BCUT2D eigenvalue weighted by molar-refractivity contribution is 6.12. The Hall–Kier alpha value is -3.36. The number of halogens is 2. The smallest absolute Gasteiger partial charge is 0.259 e. The van der Waals surface area contributed by atoms with Crippen molar-refractivity contribution in [1.82, 2.24) is 10.1 Å². The van der Waals surface area contributed by atoms with Crippen molar-refractivity contribution >= 4 is 34.3 Å². The average molecular weight is 386 g/mol. The molecule has 2 heterocycles. The van der Waals surface area contributed by atoms with Gasteiger partial charge in [0.2, 0.25) is 5.91 Å². The Bertz CT molecular complexity index is 1120. The maximum Gasteiger partial charge on any atom is 0.259 e. The van der Waals surface area contributed by atoms with Crippen LogP contribution in [0.2, 0.25) is 0 Å². The third-order valence-corrected chi connectivity index (χ3v) is 4.49. The van der Waals surface area contributed by atoms with Gasteiger partial charge in [-0.1, -0.05) is 5.16 Å². The fraction of sp³-hybridized carbons (Fsp3) is 0.263. The van der Waals surface area contributed by atoms with Gasteiger partial charge in [0, 0.05) is 24.6 Å². The monoisotopic (exact) mass is 386 g/mol. The van der Waals surface area contributed by atoms with Gasteiger partial charge < -0.3 is 15.2 Å². The molecule has 1 fully saturated rings. The van der Waals surface area contributed by atoms with Crippen LogP contribution in [0.4, 0.5) is 20.2 Å². The second kappa shape index (κ2) is 6.66. The molecule has 1 saturated carbocycles. The Morgan fingerprint density at radius 2 is 1.79 bits per heavy atom. The van der Waals surface area contributed by atoms with Crippen molar-refractivity contribution < 1.29 is 22.9 Å². The summed E-state index contributed by atoms with van der Waals surface area (Å²) in [6.07, 6.45) is 1.94. The van der Waals surface area contributed by atoms with E-state index in [-0.39, 0.29) is 28.6 Å². The molecule has 0 spiro atoms. The molecule has 144 valence electrons. The van der Waals surface area contributed by atoms with Crippen LogP contribution in [-0.4, -0.2) is 22.0 Å². The van der Waals surface area contributed by atoms with E-state index in [1.807, 2.05) is 0 Å². The van der Waals surface area contributed by atoms with Gasteiger partial charge in [-0.3, -0.25) is 9.59 Å². The van der Waals surface area contributed by atoms with Crippen LogP contribution in [0.15, 0.2) is 22.7 Å². The summed E-state index contributed by atoms with van der Waals surface area (Å²) in [6.45, 7) is 2.87. The highest BCUT2D eigenvalue weighted by Gasteiger charge is 2.29. The predicted molar refractivity (Wildman–Crippen MR) is 97.1 cm³/mol. The molecule has 9 heteroatoms. The normalized spacial score (nSPS) is 13.6. The SMILES string of the molecule is CC(=O)Nc1cc(NC(=O)c2cc(C3CC3)nc3onc(C)c23)c(F)cc1F. The lowest BCUT2D eigenvalue weighted by Gasteiger charge is -2.11. The van der Waals surface area contributed by atoms with Gasteiger partial charge in [-0.2, -0.15) is 0 Å². The Balaban J connectivity index is 1.73. The van der Waals surface area contributed by atoms with E-state index in [1.54, 1.807) is 13.0 Å². The number of carbonyl (C=O) groups is 2. The maximum absolute atomic E-state index is 14.2. The van der Waals surface area contributed by atoms with Crippen molar-refractivity contribution in [2.75, 3.05) is 10.6 Å². The highest BCUT2D eigenvalue weighted by Crippen LogP contribution is 2.40. The zero-order valence-electron chi connectivity index (χ0n) is 15.1. The van der Waals surface area contributed by atoms with Crippen LogP contribution in [0.1, 0.15) is 47.4 Å². The molecule has 0 saturated heterocycles. The van der Waals surface area contributed by atoms with E-state index >= 15 is 0 Å². The Morgan fingerprint density at radius 1 is 1.11 bits per heavy atom. The molecule has 1 aliphatic rings. The van der Waals surface area contributed by atoms with Gasteiger partial charge in [-0.15, -0.1) is 0 Å². The Morgan fingerprint density at radius 3 is 2.43 bits per heavy atom. The van der Waals surface area contributed by atoms with Crippen LogP contribution in [0, 0.1) is 18.6 Å². The van der Waals surface area contributed by atoms with Crippen LogP contribution in [-0.2, 0) is 4.79 Å². The summed E-state index contributed by atoms with van der Waals surface area (Å²) < 4.78 is 33.2. The lowest BCUT2D eigenvalue weighted by molar-refractivity contribution is -0.114. The predicted octanol–water partition coefficient (Wildman–Crippen LogP) is 3.90. The molecule has 1 aliphatic carbocycles. The zero-order valence-corrected chi connectivity index (χ0v) is 15.1. The van der Waals surface area contributed by atoms with Crippen LogP contribution < -0.4 is 10.6 Å². The molecule has 2 amide bonds. The second-order valence-corrected chi connectivity index (χ2v) is 6.76. The lowest BCUT2D eigenvalue weighted by Crippen LogP contribution is -2.16. The quantitative estimate of drug-likeness (QED) is 0.709. The molecule has 0 unspecified atom stereocenters. The molecule has 1 aromatic carbocycles. The van der Waals surface area contributed by atoms with E-state index in [4.69, 9.17) is 4.52 Å².